The summed E-state index contributed by atoms with van der Waals surface area (Å²) < 4.78 is 5.34. The number of nitrogens with zero attached hydrogens (tertiary/aromatic N) is 1. The molecule has 1 aromatic carbocycles. The number of Topliss-reactive ketones (excluding diaryl/α,β-unsaturated/α-hetero) is 1. The van der Waals surface area contributed by atoms with Gasteiger partial charge in [-0.05, 0) is 110 Å². The van der Waals surface area contributed by atoms with Gasteiger partial charge in [-0.25, -0.2) is 0 Å². The molecular formula is C35H43NO3. The number of anilines is 1. The number of hydrogen-bond acceptors (Lipinski definition) is 4. The lowest BCUT2D eigenvalue weighted by Crippen LogP contribution is -2.46. The van der Waals surface area contributed by atoms with Gasteiger partial charge in [0.05, 0.1) is 0 Å². The van der Waals surface area contributed by atoms with E-state index in [9.17, 15) is 9.59 Å². The van der Waals surface area contributed by atoms with Gasteiger partial charge in [-0.1, -0.05) is 24.6 Å². The average Bonchev–Trinajstić information content (AvgIpc) is 3.59. The first-order chi connectivity index (χ1) is 18.9. The predicted molar refractivity (Wildman–Crippen MR) is 155 cm³/mol. The minimum atomic E-state index is -0.0463. The van der Waals surface area contributed by atoms with Crippen molar-refractivity contribution in [1.29, 1.82) is 0 Å². The molecule has 2 saturated carbocycles. The third-order valence-electron chi connectivity index (χ3n) is 10.9. The first kappa shape index (κ1) is 26.6. The smallest absolute Gasteiger partial charge is 0.162 e. The lowest BCUT2D eigenvalue weighted by molar-refractivity contribution is -0.131. The zero-order valence-electron chi connectivity index (χ0n) is 23.9. The molecule has 1 saturated heterocycles. The summed E-state index contributed by atoms with van der Waals surface area (Å²) >= 11 is 0. The molecule has 0 amide bonds. The Labute approximate surface area is 234 Å². The van der Waals surface area contributed by atoms with E-state index in [1.54, 1.807) is 12.7 Å². The van der Waals surface area contributed by atoms with E-state index in [-0.39, 0.29) is 35.4 Å². The van der Waals surface area contributed by atoms with Crippen molar-refractivity contribution < 1.29 is 14.3 Å². The van der Waals surface area contributed by atoms with Crippen LogP contribution < -0.4 is 4.90 Å². The van der Waals surface area contributed by atoms with Gasteiger partial charge in [-0.15, -0.1) is 11.8 Å². The van der Waals surface area contributed by atoms with Crippen LogP contribution in [-0.2, 0) is 14.3 Å². The van der Waals surface area contributed by atoms with Crippen LogP contribution >= 0.6 is 0 Å². The Morgan fingerprint density at radius 1 is 1.13 bits per heavy atom. The Bertz CT molecular complexity index is 1250. The second kappa shape index (κ2) is 10.7. The third kappa shape index (κ3) is 4.61. The lowest BCUT2D eigenvalue weighted by atomic mass is 9.50. The number of benzene rings is 1. The number of allylic oxidation sites excluding steroid dienone is 4. The van der Waals surface area contributed by atoms with Crippen molar-refractivity contribution in [3.63, 3.8) is 0 Å². The maximum atomic E-state index is 13.4. The van der Waals surface area contributed by atoms with E-state index in [4.69, 9.17) is 4.74 Å². The normalized spacial score (nSPS) is 33.6. The van der Waals surface area contributed by atoms with Gasteiger partial charge in [0.1, 0.15) is 6.61 Å². The van der Waals surface area contributed by atoms with E-state index in [0.717, 1.165) is 51.6 Å². The van der Waals surface area contributed by atoms with Gasteiger partial charge in [0.25, 0.3) is 0 Å². The van der Waals surface area contributed by atoms with E-state index >= 15 is 0 Å². The molecule has 4 nitrogen and oxygen atoms in total. The molecule has 0 spiro atoms. The van der Waals surface area contributed by atoms with Gasteiger partial charge < -0.3 is 9.64 Å². The Balaban J connectivity index is 1.46. The fourth-order valence-electron chi connectivity index (χ4n) is 9.18. The number of hydrogen-bond donors (Lipinski definition) is 0. The van der Waals surface area contributed by atoms with Crippen LogP contribution in [0.15, 0.2) is 47.1 Å². The topological polar surface area (TPSA) is 46.6 Å². The summed E-state index contributed by atoms with van der Waals surface area (Å²) in [5.41, 5.74) is 6.97. The monoisotopic (exact) mass is 525 g/mol. The van der Waals surface area contributed by atoms with Crippen LogP contribution in [0.5, 0.6) is 0 Å². The van der Waals surface area contributed by atoms with Gasteiger partial charge in [-0.3, -0.25) is 9.59 Å². The summed E-state index contributed by atoms with van der Waals surface area (Å²) in [5, 5.41) is 0. The molecule has 0 aromatic heterocycles. The summed E-state index contributed by atoms with van der Waals surface area (Å²) in [6.45, 7) is 6.83. The molecule has 1 unspecified atom stereocenters. The average molecular weight is 526 g/mol. The van der Waals surface area contributed by atoms with E-state index in [0.29, 0.717) is 24.2 Å². The molecule has 39 heavy (non-hydrogen) atoms. The second-order valence-electron chi connectivity index (χ2n) is 12.9. The van der Waals surface area contributed by atoms with Crippen LogP contribution in [-0.4, -0.2) is 38.4 Å². The van der Waals surface area contributed by atoms with Gasteiger partial charge in [0.15, 0.2) is 11.6 Å². The number of fused-ring (bicyclic) bond motifs is 4. The van der Waals surface area contributed by atoms with Crippen molar-refractivity contribution in [3.8, 4) is 11.8 Å². The van der Waals surface area contributed by atoms with Crippen molar-refractivity contribution in [2.45, 2.75) is 77.6 Å². The van der Waals surface area contributed by atoms with Crippen LogP contribution in [0, 0.1) is 40.9 Å². The van der Waals surface area contributed by atoms with Gasteiger partial charge in [0.2, 0.25) is 0 Å². The van der Waals surface area contributed by atoms with Crippen LogP contribution in [0.1, 0.15) is 83.1 Å². The summed E-state index contributed by atoms with van der Waals surface area (Å²) in [6.07, 6.45) is 10.9. The van der Waals surface area contributed by atoms with Gasteiger partial charge >= 0.3 is 0 Å². The van der Waals surface area contributed by atoms with E-state index in [1.165, 1.54) is 35.2 Å². The fraction of sp³-hybridized carbons (Fsp3) is 0.600. The molecule has 1 aromatic rings. The standard InChI is InChI=1S/C35H43NO3/c1-4-5-8-24-19-29-31-15-16-32(33(38)22-39-3)35(31,2)21-30(34(29)27-14-13-26(37)20-28(24)27)23-9-11-25(12-10-23)36-17-6-7-18-36/h9-12,20,24,29-32H,6-8,13-19,21-22H2,1-3H3/t24?,29-,30+,31-,32+,35-/m0/s1. The highest BCUT2D eigenvalue weighted by atomic mass is 16.5. The van der Waals surface area contributed by atoms with Crippen LogP contribution in [0.3, 0.4) is 0 Å². The molecule has 6 atom stereocenters. The number of ether oxygens (including phenoxy) is 1. The zero-order valence-corrected chi connectivity index (χ0v) is 23.9. The van der Waals surface area contributed by atoms with Crippen LogP contribution in [0.25, 0.3) is 0 Å². The first-order valence-electron chi connectivity index (χ1n) is 15.2. The number of ketones is 2. The van der Waals surface area contributed by atoms with Crippen molar-refractivity contribution >= 4 is 17.3 Å². The first-order valence-corrected chi connectivity index (χ1v) is 15.2. The number of methoxy groups -OCH3 is 1. The van der Waals surface area contributed by atoms with E-state index in [1.807, 2.05) is 13.0 Å². The van der Waals surface area contributed by atoms with Crippen LogP contribution in [0.2, 0.25) is 0 Å². The SMILES string of the molecule is CC#CCC1C[C@@H]2C(=C3CCC(=O)C=C31)[C@@H](c1ccc(N3CCCC3)cc1)C[C@]1(C)[C@@H](C(=O)COC)CC[C@@H]21. The van der Waals surface area contributed by atoms with Crippen molar-refractivity contribution in [2.75, 3.05) is 31.7 Å². The van der Waals surface area contributed by atoms with E-state index < -0.39 is 0 Å². The molecular weight excluding hydrogens is 482 g/mol. The highest BCUT2D eigenvalue weighted by Crippen LogP contribution is 2.66. The molecule has 1 aliphatic heterocycles. The molecule has 4 heteroatoms. The number of carbonyl (C=O) groups is 2. The fourth-order valence-corrected chi connectivity index (χ4v) is 9.18. The summed E-state index contributed by atoms with van der Waals surface area (Å²) in [5.74, 6) is 8.56. The highest BCUT2D eigenvalue weighted by molar-refractivity contribution is 5.93. The Morgan fingerprint density at radius 3 is 2.62 bits per heavy atom. The van der Waals surface area contributed by atoms with Crippen molar-refractivity contribution in [2.24, 2.45) is 29.1 Å². The molecule has 6 rings (SSSR count). The molecule has 1 heterocycles. The lowest BCUT2D eigenvalue weighted by Gasteiger charge is -2.53. The Hall–Kier alpha value is -2.64. The minimum absolute atomic E-state index is 0.0463. The van der Waals surface area contributed by atoms with Crippen molar-refractivity contribution in [3.05, 3.63) is 52.6 Å². The Morgan fingerprint density at radius 2 is 1.90 bits per heavy atom. The molecule has 3 fully saturated rings. The van der Waals surface area contributed by atoms with E-state index in [2.05, 4.69) is 47.9 Å². The second-order valence-corrected chi connectivity index (χ2v) is 12.9. The largest absolute Gasteiger partial charge is 0.377 e. The maximum Gasteiger partial charge on any atom is 0.162 e. The quantitative estimate of drug-likeness (QED) is 0.390. The molecule has 0 bridgehead atoms. The predicted octanol–water partition coefficient (Wildman–Crippen LogP) is 6.66. The number of rotatable bonds is 6. The number of carbonyl (C=O) groups excluding carboxylic acids is 2. The third-order valence-corrected chi connectivity index (χ3v) is 10.9. The van der Waals surface area contributed by atoms with Gasteiger partial charge in [0, 0.05) is 50.6 Å². The molecule has 4 aliphatic carbocycles. The van der Waals surface area contributed by atoms with Gasteiger partial charge in [-0.2, -0.15) is 0 Å². The maximum absolute atomic E-state index is 13.4. The molecule has 206 valence electrons. The summed E-state index contributed by atoms with van der Waals surface area (Å²) in [6, 6.07) is 9.36. The highest BCUT2D eigenvalue weighted by Gasteiger charge is 2.58. The summed E-state index contributed by atoms with van der Waals surface area (Å²) in [7, 11) is 1.64. The minimum Gasteiger partial charge on any atom is -0.377 e. The van der Waals surface area contributed by atoms with Crippen LogP contribution in [0.4, 0.5) is 5.69 Å². The molecule has 5 aliphatic rings. The van der Waals surface area contributed by atoms with Crippen molar-refractivity contribution in [1.82, 2.24) is 0 Å². The Kier molecular flexibility index (Phi) is 7.32. The molecule has 0 N–H and O–H groups in total. The summed E-state index contributed by atoms with van der Waals surface area (Å²) in [4.78, 5) is 28.5. The zero-order chi connectivity index (χ0) is 27.1. The molecule has 0 radical (unpaired) electrons.